The summed E-state index contributed by atoms with van der Waals surface area (Å²) >= 11 is 0. The zero-order valence-corrected chi connectivity index (χ0v) is 13.5. The molecule has 0 saturated carbocycles. The SMILES string of the molecule is CC(C)Cn1c(=O)[nH]c2ccc(C3CCNCC3)cc21.Cl. The van der Waals surface area contributed by atoms with Gasteiger partial charge in [0.05, 0.1) is 11.0 Å². The molecule has 21 heavy (non-hydrogen) atoms. The van der Waals surface area contributed by atoms with Gasteiger partial charge >= 0.3 is 5.69 Å². The molecule has 3 rings (SSSR count). The number of imidazole rings is 1. The van der Waals surface area contributed by atoms with Crippen LogP contribution in [0.5, 0.6) is 0 Å². The number of H-pyrrole nitrogens is 1. The summed E-state index contributed by atoms with van der Waals surface area (Å²) in [4.78, 5) is 15.0. The molecule has 2 heterocycles. The van der Waals surface area contributed by atoms with Gasteiger partial charge in [0, 0.05) is 6.54 Å². The van der Waals surface area contributed by atoms with Crippen molar-refractivity contribution in [3.63, 3.8) is 0 Å². The van der Waals surface area contributed by atoms with Gasteiger partial charge in [0.15, 0.2) is 0 Å². The van der Waals surface area contributed by atoms with Gasteiger partial charge in [-0.05, 0) is 55.5 Å². The van der Waals surface area contributed by atoms with Crippen molar-refractivity contribution in [2.75, 3.05) is 13.1 Å². The van der Waals surface area contributed by atoms with E-state index in [1.54, 1.807) is 0 Å². The fourth-order valence-corrected chi connectivity index (χ4v) is 3.13. The minimum absolute atomic E-state index is 0. The van der Waals surface area contributed by atoms with E-state index in [9.17, 15) is 4.79 Å². The molecule has 4 nitrogen and oxygen atoms in total. The number of hydrogen-bond donors (Lipinski definition) is 2. The number of aromatic nitrogens is 2. The van der Waals surface area contributed by atoms with Crippen molar-refractivity contribution in [2.45, 2.75) is 39.2 Å². The number of nitrogens with one attached hydrogen (secondary N) is 2. The Morgan fingerprint density at radius 1 is 1.29 bits per heavy atom. The van der Waals surface area contributed by atoms with E-state index in [2.05, 4.69) is 42.3 Å². The number of nitrogens with zero attached hydrogens (tertiary/aromatic N) is 1. The summed E-state index contributed by atoms with van der Waals surface area (Å²) in [5.74, 6) is 1.09. The van der Waals surface area contributed by atoms with E-state index in [0.29, 0.717) is 11.8 Å². The van der Waals surface area contributed by atoms with Crippen molar-refractivity contribution in [3.05, 3.63) is 34.2 Å². The van der Waals surface area contributed by atoms with Crippen LogP contribution < -0.4 is 11.0 Å². The fourth-order valence-electron chi connectivity index (χ4n) is 3.13. The number of fused-ring (bicyclic) bond motifs is 1. The van der Waals surface area contributed by atoms with Crippen LogP contribution in [0.15, 0.2) is 23.0 Å². The van der Waals surface area contributed by atoms with E-state index < -0.39 is 0 Å². The maximum absolute atomic E-state index is 12.1. The van der Waals surface area contributed by atoms with Crippen LogP contribution in [0.3, 0.4) is 0 Å². The van der Waals surface area contributed by atoms with Crippen molar-refractivity contribution in [1.82, 2.24) is 14.9 Å². The molecule has 0 bridgehead atoms. The van der Waals surface area contributed by atoms with E-state index in [1.165, 1.54) is 18.4 Å². The lowest BCUT2D eigenvalue weighted by molar-refractivity contribution is 0.460. The molecule has 0 spiro atoms. The first-order valence-electron chi connectivity index (χ1n) is 7.58. The zero-order valence-electron chi connectivity index (χ0n) is 12.7. The van der Waals surface area contributed by atoms with E-state index in [-0.39, 0.29) is 18.1 Å². The summed E-state index contributed by atoms with van der Waals surface area (Å²) < 4.78 is 1.88. The Labute approximate surface area is 131 Å². The van der Waals surface area contributed by atoms with E-state index in [1.807, 2.05) is 4.57 Å². The molecule has 1 saturated heterocycles. The number of halogens is 1. The first-order chi connectivity index (χ1) is 9.65. The quantitative estimate of drug-likeness (QED) is 0.916. The Balaban J connectivity index is 0.00000161. The Morgan fingerprint density at radius 3 is 2.67 bits per heavy atom. The molecule has 5 heteroatoms. The Morgan fingerprint density at radius 2 is 2.00 bits per heavy atom. The van der Waals surface area contributed by atoms with Gasteiger partial charge in [-0.1, -0.05) is 19.9 Å². The average molecular weight is 310 g/mol. The van der Waals surface area contributed by atoms with E-state index in [0.717, 1.165) is 30.7 Å². The highest BCUT2D eigenvalue weighted by atomic mass is 35.5. The lowest BCUT2D eigenvalue weighted by atomic mass is 9.90. The number of aromatic amines is 1. The number of benzene rings is 1. The standard InChI is InChI=1S/C16H23N3O.ClH/c1-11(2)10-19-15-9-13(12-5-7-17-8-6-12)3-4-14(15)18-16(19)20;/h3-4,9,11-12,17H,5-8,10H2,1-2H3,(H,18,20);1H. The average Bonchev–Trinajstić information content (AvgIpc) is 2.75. The first kappa shape index (κ1) is 16.1. The highest BCUT2D eigenvalue weighted by Gasteiger charge is 2.17. The summed E-state index contributed by atoms with van der Waals surface area (Å²) in [5, 5.41) is 3.40. The Kier molecular flexibility index (Phi) is 5.12. The molecular weight excluding hydrogens is 286 g/mol. The van der Waals surface area contributed by atoms with Crippen molar-refractivity contribution in [1.29, 1.82) is 0 Å². The molecular formula is C16H24ClN3O. The summed E-state index contributed by atoms with van der Waals surface area (Å²) in [6, 6.07) is 6.45. The van der Waals surface area contributed by atoms with Crippen molar-refractivity contribution < 1.29 is 0 Å². The molecule has 1 aromatic carbocycles. The fraction of sp³-hybridized carbons (Fsp3) is 0.562. The number of hydrogen-bond acceptors (Lipinski definition) is 2. The first-order valence-corrected chi connectivity index (χ1v) is 7.58. The van der Waals surface area contributed by atoms with Gasteiger partial charge in [-0.25, -0.2) is 4.79 Å². The van der Waals surface area contributed by atoms with Crippen LogP contribution in [0.25, 0.3) is 11.0 Å². The predicted octanol–water partition coefficient (Wildman–Crippen LogP) is 2.87. The third-order valence-electron chi connectivity index (χ3n) is 4.16. The monoisotopic (exact) mass is 309 g/mol. The van der Waals surface area contributed by atoms with Crippen LogP contribution in [-0.4, -0.2) is 22.6 Å². The van der Waals surface area contributed by atoms with E-state index >= 15 is 0 Å². The van der Waals surface area contributed by atoms with Crippen LogP contribution in [0, 0.1) is 5.92 Å². The maximum atomic E-state index is 12.1. The van der Waals surface area contributed by atoms with Crippen LogP contribution in [0.2, 0.25) is 0 Å². The lowest BCUT2D eigenvalue weighted by Crippen LogP contribution is -2.26. The molecule has 0 radical (unpaired) electrons. The van der Waals surface area contributed by atoms with Gasteiger partial charge in [0.1, 0.15) is 0 Å². The summed E-state index contributed by atoms with van der Waals surface area (Å²) in [5.41, 5.74) is 3.39. The second kappa shape index (κ2) is 6.67. The minimum Gasteiger partial charge on any atom is -0.317 e. The summed E-state index contributed by atoms with van der Waals surface area (Å²) in [6.45, 7) is 7.24. The molecule has 0 atom stereocenters. The van der Waals surface area contributed by atoms with Gasteiger partial charge < -0.3 is 10.3 Å². The van der Waals surface area contributed by atoms with Crippen LogP contribution in [0.4, 0.5) is 0 Å². The highest BCUT2D eigenvalue weighted by Crippen LogP contribution is 2.27. The molecule has 0 unspecified atom stereocenters. The minimum atomic E-state index is 0. The smallest absolute Gasteiger partial charge is 0.317 e. The van der Waals surface area contributed by atoms with Gasteiger partial charge in [-0.15, -0.1) is 12.4 Å². The third-order valence-corrected chi connectivity index (χ3v) is 4.16. The molecule has 0 aliphatic carbocycles. The van der Waals surface area contributed by atoms with E-state index in [4.69, 9.17) is 0 Å². The van der Waals surface area contributed by atoms with Crippen LogP contribution >= 0.6 is 12.4 Å². The Bertz CT molecular complexity index is 653. The summed E-state index contributed by atoms with van der Waals surface area (Å²) in [6.07, 6.45) is 2.37. The highest BCUT2D eigenvalue weighted by molar-refractivity contribution is 5.85. The molecule has 1 aliphatic rings. The molecule has 0 amide bonds. The van der Waals surface area contributed by atoms with Crippen molar-refractivity contribution in [3.8, 4) is 0 Å². The molecule has 1 aromatic heterocycles. The van der Waals surface area contributed by atoms with Gasteiger partial charge in [0.25, 0.3) is 0 Å². The maximum Gasteiger partial charge on any atom is 0.326 e. The summed E-state index contributed by atoms with van der Waals surface area (Å²) in [7, 11) is 0. The van der Waals surface area contributed by atoms with Crippen LogP contribution in [0.1, 0.15) is 38.2 Å². The van der Waals surface area contributed by atoms with Crippen molar-refractivity contribution >= 4 is 23.4 Å². The third kappa shape index (κ3) is 3.33. The van der Waals surface area contributed by atoms with Gasteiger partial charge in [0.2, 0.25) is 0 Å². The second-order valence-corrected chi connectivity index (χ2v) is 6.24. The molecule has 1 fully saturated rings. The predicted molar refractivity (Wildman–Crippen MR) is 89.5 cm³/mol. The van der Waals surface area contributed by atoms with Crippen molar-refractivity contribution in [2.24, 2.45) is 5.92 Å². The largest absolute Gasteiger partial charge is 0.326 e. The van der Waals surface area contributed by atoms with Gasteiger partial charge in [-0.2, -0.15) is 0 Å². The topological polar surface area (TPSA) is 49.8 Å². The molecule has 2 N–H and O–H groups in total. The normalized spacial score (nSPS) is 16.3. The zero-order chi connectivity index (χ0) is 14.1. The molecule has 116 valence electrons. The van der Waals surface area contributed by atoms with Gasteiger partial charge in [-0.3, -0.25) is 4.57 Å². The molecule has 1 aliphatic heterocycles. The lowest BCUT2D eigenvalue weighted by Gasteiger charge is -2.23. The number of rotatable bonds is 3. The molecule has 2 aromatic rings. The second-order valence-electron chi connectivity index (χ2n) is 6.24. The van der Waals surface area contributed by atoms with Crippen LogP contribution in [-0.2, 0) is 6.54 Å². The Hall–Kier alpha value is -1.26. The number of piperidine rings is 1.